The maximum absolute atomic E-state index is 8.93. The standard InChI is InChI=1S/C17H28N2O2/c1-15-4-5-17(14-16(15)2)21-13-3-6-18-7-9-19(10-8-18)11-12-20/h4-5,14,20H,3,6-13H2,1-2H3. The molecule has 0 aliphatic carbocycles. The van der Waals surface area contributed by atoms with Crippen molar-refractivity contribution in [3.8, 4) is 5.75 Å². The SMILES string of the molecule is Cc1ccc(OCCCN2CCN(CCO)CC2)cc1C. The average Bonchev–Trinajstić information content (AvgIpc) is 2.49. The van der Waals surface area contributed by atoms with Crippen LogP contribution in [-0.2, 0) is 0 Å². The molecular formula is C17H28N2O2. The first kappa shape index (κ1) is 16.3. The molecule has 4 nitrogen and oxygen atoms in total. The van der Waals surface area contributed by atoms with E-state index in [1.807, 2.05) is 0 Å². The first-order valence-corrected chi connectivity index (χ1v) is 7.94. The van der Waals surface area contributed by atoms with Crippen LogP contribution in [0.1, 0.15) is 17.5 Å². The molecule has 1 aromatic carbocycles. The number of piperazine rings is 1. The molecule has 0 radical (unpaired) electrons. The van der Waals surface area contributed by atoms with Gasteiger partial charge in [0.05, 0.1) is 13.2 Å². The molecule has 1 aliphatic heterocycles. The molecule has 4 heteroatoms. The number of nitrogens with zero attached hydrogens (tertiary/aromatic N) is 2. The Kier molecular flexibility index (Phi) is 6.49. The van der Waals surface area contributed by atoms with Crippen molar-refractivity contribution in [3.63, 3.8) is 0 Å². The van der Waals surface area contributed by atoms with Gasteiger partial charge in [0.1, 0.15) is 5.75 Å². The largest absolute Gasteiger partial charge is 0.494 e. The van der Waals surface area contributed by atoms with Gasteiger partial charge < -0.3 is 14.7 Å². The lowest BCUT2D eigenvalue weighted by Gasteiger charge is -2.34. The molecule has 1 fully saturated rings. The van der Waals surface area contributed by atoms with Crippen LogP contribution in [0, 0.1) is 13.8 Å². The fourth-order valence-electron chi connectivity index (χ4n) is 2.66. The predicted molar refractivity (Wildman–Crippen MR) is 86.0 cm³/mol. The number of aliphatic hydroxyl groups is 1. The Bertz CT molecular complexity index is 429. The van der Waals surface area contributed by atoms with E-state index >= 15 is 0 Å². The summed E-state index contributed by atoms with van der Waals surface area (Å²) in [5.74, 6) is 0.978. The summed E-state index contributed by atoms with van der Waals surface area (Å²) in [5.41, 5.74) is 2.59. The smallest absolute Gasteiger partial charge is 0.119 e. The van der Waals surface area contributed by atoms with Crippen molar-refractivity contribution in [2.45, 2.75) is 20.3 Å². The number of hydrogen-bond donors (Lipinski definition) is 1. The first-order valence-electron chi connectivity index (χ1n) is 7.94. The molecule has 1 aromatic rings. The molecule has 0 unspecified atom stereocenters. The van der Waals surface area contributed by atoms with Crippen molar-refractivity contribution in [3.05, 3.63) is 29.3 Å². The molecule has 0 spiro atoms. The summed E-state index contributed by atoms with van der Waals surface area (Å²) < 4.78 is 5.82. The summed E-state index contributed by atoms with van der Waals surface area (Å²) in [6, 6.07) is 6.28. The van der Waals surface area contributed by atoms with Gasteiger partial charge in [-0.3, -0.25) is 4.90 Å². The minimum absolute atomic E-state index is 0.268. The highest BCUT2D eigenvalue weighted by Gasteiger charge is 2.15. The Morgan fingerprint density at radius 3 is 2.29 bits per heavy atom. The van der Waals surface area contributed by atoms with Gasteiger partial charge in [0.2, 0.25) is 0 Å². The lowest BCUT2D eigenvalue weighted by Crippen LogP contribution is -2.47. The minimum Gasteiger partial charge on any atom is -0.494 e. The number of benzene rings is 1. The summed E-state index contributed by atoms with van der Waals surface area (Å²) in [7, 11) is 0. The maximum Gasteiger partial charge on any atom is 0.119 e. The molecule has 21 heavy (non-hydrogen) atoms. The zero-order valence-electron chi connectivity index (χ0n) is 13.3. The number of hydrogen-bond acceptors (Lipinski definition) is 4. The van der Waals surface area contributed by atoms with Gasteiger partial charge in [-0.1, -0.05) is 6.07 Å². The molecule has 0 aromatic heterocycles. The number of aryl methyl sites for hydroxylation is 2. The fraction of sp³-hybridized carbons (Fsp3) is 0.647. The van der Waals surface area contributed by atoms with Crippen LogP contribution in [0.4, 0.5) is 0 Å². The van der Waals surface area contributed by atoms with Crippen LogP contribution in [0.3, 0.4) is 0 Å². The topological polar surface area (TPSA) is 35.9 Å². The molecule has 1 aliphatic rings. The Labute approximate surface area is 128 Å². The van der Waals surface area contributed by atoms with Gasteiger partial charge >= 0.3 is 0 Å². The highest BCUT2D eigenvalue weighted by Crippen LogP contribution is 2.16. The molecular weight excluding hydrogens is 264 g/mol. The zero-order chi connectivity index (χ0) is 15.1. The summed E-state index contributed by atoms with van der Waals surface area (Å²) in [6.45, 7) is 11.5. The minimum atomic E-state index is 0.268. The summed E-state index contributed by atoms with van der Waals surface area (Å²) >= 11 is 0. The van der Waals surface area contributed by atoms with Crippen molar-refractivity contribution in [1.29, 1.82) is 0 Å². The van der Waals surface area contributed by atoms with Crippen LogP contribution >= 0.6 is 0 Å². The van der Waals surface area contributed by atoms with E-state index in [1.165, 1.54) is 11.1 Å². The second-order valence-electron chi connectivity index (χ2n) is 5.85. The maximum atomic E-state index is 8.93. The lowest BCUT2D eigenvalue weighted by atomic mass is 10.1. The number of aliphatic hydroxyl groups excluding tert-OH is 1. The molecule has 0 bridgehead atoms. The fourth-order valence-corrected chi connectivity index (χ4v) is 2.66. The third kappa shape index (κ3) is 5.30. The Hall–Kier alpha value is -1.10. The second kappa shape index (κ2) is 8.37. The van der Waals surface area contributed by atoms with Crippen LogP contribution in [0.2, 0.25) is 0 Å². The number of rotatable bonds is 7. The van der Waals surface area contributed by atoms with Crippen LogP contribution in [0.15, 0.2) is 18.2 Å². The van der Waals surface area contributed by atoms with Crippen LogP contribution in [0.25, 0.3) is 0 Å². The average molecular weight is 292 g/mol. The van der Waals surface area contributed by atoms with Crippen LogP contribution in [0.5, 0.6) is 5.75 Å². The van der Waals surface area contributed by atoms with Gasteiger partial charge in [-0.15, -0.1) is 0 Å². The second-order valence-corrected chi connectivity index (χ2v) is 5.85. The van der Waals surface area contributed by atoms with Gasteiger partial charge in [-0.25, -0.2) is 0 Å². The molecule has 0 saturated carbocycles. The van der Waals surface area contributed by atoms with Crippen molar-refractivity contribution in [2.75, 3.05) is 52.5 Å². The highest BCUT2D eigenvalue weighted by atomic mass is 16.5. The third-order valence-corrected chi connectivity index (χ3v) is 4.25. The van der Waals surface area contributed by atoms with Crippen LogP contribution in [-0.4, -0.2) is 67.4 Å². The van der Waals surface area contributed by atoms with Crippen molar-refractivity contribution >= 4 is 0 Å². The van der Waals surface area contributed by atoms with Crippen molar-refractivity contribution < 1.29 is 9.84 Å². The molecule has 1 heterocycles. The lowest BCUT2D eigenvalue weighted by molar-refractivity contribution is 0.108. The van der Waals surface area contributed by atoms with E-state index in [1.54, 1.807) is 0 Å². The predicted octanol–water partition coefficient (Wildman–Crippen LogP) is 1.68. The van der Waals surface area contributed by atoms with E-state index in [0.717, 1.165) is 58.0 Å². The third-order valence-electron chi connectivity index (χ3n) is 4.25. The van der Waals surface area contributed by atoms with Crippen LogP contribution < -0.4 is 4.74 Å². The Balaban J connectivity index is 1.61. The summed E-state index contributed by atoms with van der Waals surface area (Å²) in [5, 5.41) is 8.93. The number of β-amino-alcohol motifs (C(OH)–C–C–N with tert-alkyl or cyclic N) is 1. The molecule has 0 amide bonds. The Morgan fingerprint density at radius 2 is 1.67 bits per heavy atom. The molecule has 2 rings (SSSR count). The summed E-state index contributed by atoms with van der Waals surface area (Å²) in [4.78, 5) is 4.81. The van der Waals surface area contributed by atoms with Gasteiger partial charge in [0.15, 0.2) is 0 Å². The molecule has 1 N–H and O–H groups in total. The van der Waals surface area contributed by atoms with E-state index in [9.17, 15) is 0 Å². The van der Waals surface area contributed by atoms with Gasteiger partial charge in [0.25, 0.3) is 0 Å². The molecule has 0 atom stereocenters. The van der Waals surface area contributed by atoms with Crippen molar-refractivity contribution in [1.82, 2.24) is 9.80 Å². The normalized spacial score (nSPS) is 17.1. The molecule has 118 valence electrons. The van der Waals surface area contributed by atoms with Gasteiger partial charge in [-0.2, -0.15) is 0 Å². The van der Waals surface area contributed by atoms with Gasteiger partial charge in [0, 0.05) is 39.3 Å². The van der Waals surface area contributed by atoms with E-state index in [0.29, 0.717) is 0 Å². The van der Waals surface area contributed by atoms with E-state index in [2.05, 4.69) is 41.8 Å². The summed E-state index contributed by atoms with van der Waals surface area (Å²) in [6.07, 6.45) is 1.06. The number of ether oxygens (including phenoxy) is 1. The van der Waals surface area contributed by atoms with Gasteiger partial charge in [-0.05, 0) is 43.5 Å². The molecule has 1 saturated heterocycles. The van der Waals surface area contributed by atoms with E-state index < -0.39 is 0 Å². The highest BCUT2D eigenvalue weighted by molar-refractivity contribution is 5.33. The first-order chi connectivity index (χ1) is 10.2. The Morgan fingerprint density at radius 1 is 1.00 bits per heavy atom. The van der Waals surface area contributed by atoms with Crippen molar-refractivity contribution in [2.24, 2.45) is 0 Å². The monoisotopic (exact) mass is 292 g/mol. The van der Waals surface area contributed by atoms with E-state index in [4.69, 9.17) is 9.84 Å². The zero-order valence-corrected chi connectivity index (χ0v) is 13.3. The van der Waals surface area contributed by atoms with E-state index in [-0.39, 0.29) is 6.61 Å². The quantitative estimate of drug-likeness (QED) is 0.776.